The number of esters is 1. The Kier molecular flexibility index (Phi) is 7.70. The first-order valence-corrected chi connectivity index (χ1v) is 12.8. The standard InChI is InChI=1S/C29H28ClN5O3/c1-20(36)38-25-16-26(28-33-31-19-34(28)17-21-12-14-24(30)15-13-21)35(18-25)29(37)32-27(22-8-4-2-5-9-22)23-10-6-3-7-11-23/h2-15,19,25-27H,16-18H2,1H3,(H,32,37)/t25-,26-/m1/s1. The van der Waals surface area contributed by atoms with Gasteiger partial charge in [-0.05, 0) is 28.8 Å². The van der Waals surface area contributed by atoms with Gasteiger partial charge in [0.25, 0.3) is 0 Å². The number of hydrogen-bond acceptors (Lipinski definition) is 5. The van der Waals surface area contributed by atoms with Crippen LogP contribution in [0.2, 0.25) is 5.02 Å². The van der Waals surface area contributed by atoms with Gasteiger partial charge in [0, 0.05) is 18.4 Å². The van der Waals surface area contributed by atoms with E-state index >= 15 is 0 Å². The third-order valence-electron chi connectivity index (χ3n) is 6.60. The molecule has 0 saturated carbocycles. The van der Waals surface area contributed by atoms with Crippen LogP contribution in [0.5, 0.6) is 0 Å². The Hall–Kier alpha value is -4.17. The van der Waals surface area contributed by atoms with Gasteiger partial charge >= 0.3 is 12.0 Å². The van der Waals surface area contributed by atoms with Crippen LogP contribution in [0.3, 0.4) is 0 Å². The summed E-state index contributed by atoms with van der Waals surface area (Å²) in [6.07, 6.45) is 1.62. The second-order valence-electron chi connectivity index (χ2n) is 9.28. The minimum Gasteiger partial charge on any atom is -0.461 e. The largest absolute Gasteiger partial charge is 0.461 e. The molecule has 1 aromatic heterocycles. The van der Waals surface area contributed by atoms with E-state index in [-0.39, 0.29) is 24.6 Å². The van der Waals surface area contributed by atoms with Crippen LogP contribution in [-0.2, 0) is 16.1 Å². The Labute approximate surface area is 226 Å². The van der Waals surface area contributed by atoms with E-state index in [0.29, 0.717) is 23.8 Å². The molecule has 194 valence electrons. The maximum absolute atomic E-state index is 13.8. The Balaban J connectivity index is 1.43. The average molecular weight is 530 g/mol. The number of amides is 2. The Morgan fingerprint density at radius 1 is 1.00 bits per heavy atom. The third-order valence-corrected chi connectivity index (χ3v) is 6.85. The van der Waals surface area contributed by atoms with Gasteiger partial charge in [-0.15, -0.1) is 10.2 Å². The van der Waals surface area contributed by atoms with Crippen molar-refractivity contribution in [2.45, 2.75) is 38.1 Å². The SMILES string of the molecule is CC(=O)O[C@@H]1C[C@H](c2nncn2Cc2ccc(Cl)cc2)N(C(=O)NC(c2ccccc2)c2ccccc2)C1. The number of halogens is 1. The number of nitrogens with zero attached hydrogens (tertiary/aromatic N) is 4. The molecule has 2 heterocycles. The van der Waals surface area contributed by atoms with Gasteiger partial charge in [-0.25, -0.2) is 4.79 Å². The number of hydrogen-bond donors (Lipinski definition) is 1. The van der Waals surface area contributed by atoms with Crippen LogP contribution in [0, 0.1) is 0 Å². The van der Waals surface area contributed by atoms with Gasteiger partial charge in [-0.2, -0.15) is 0 Å². The highest BCUT2D eigenvalue weighted by molar-refractivity contribution is 6.30. The number of likely N-dealkylation sites (tertiary alicyclic amines) is 1. The second kappa shape index (κ2) is 11.5. The van der Waals surface area contributed by atoms with E-state index in [1.165, 1.54) is 6.92 Å². The van der Waals surface area contributed by atoms with Crippen LogP contribution in [0.4, 0.5) is 4.79 Å². The molecule has 0 radical (unpaired) electrons. The van der Waals surface area contributed by atoms with E-state index in [0.717, 1.165) is 16.7 Å². The summed E-state index contributed by atoms with van der Waals surface area (Å²) in [5, 5.41) is 12.4. The van der Waals surface area contributed by atoms with Crippen molar-refractivity contribution in [3.8, 4) is 0 Å². The molecule has 2 atom stereocenters. The molecule has 5 rings (SSSR count). The maximum atomic E-state index is 13.8. The molecule has 1 saturated heterocycles. The van der Waals surface area contributed by atoms with E-state index in [1.54, 1.807) is 11.2 Å². The molecule has 9 heteroatoms. The Morgan fingerprint density at radius 2 is 1.63 bits per heavy atom. The second-order valence-corrected chi connectivity index (χ2v) is 9.72. The molecule has 0 unspecified atom stereocenters. The fourth-order valence-corrected chi connectivity index (χ4v) is 5.00. The van der Waals surface area contributed by atoms with Crippen molar-refractivity contribution in [2.75, 3.05) is 6.54 Å². The van der Waals surface area contributed by atoms with Gasteiger partial charge in [0.1, 0.15) is 12.4 Å². The first-order valence-electron chi connectivity index (χ1n) is 12.4. The number of urea groups is 1. The zero-order valence-corrected chi connectivity index (χ0v) is 21.7. The molecule has 3 aromatic carbocycles. The highest BCUT2D eigenvalue weighted by Crippen LogP contribution is 2.34. The molecule has 1 fully saturated rings. The van der Waals surface area contributed by atoms with Gasteiger partial charge in [-0.1, -0.05) is 84.4 Å². The molecule has 4 aromatic rings. The summed E-state index contributed by atoms with van der Waals surface area (Å²) in [6, 6.07) is 26.1. The topological polar surface area (TPSA) is 89.3 Å². The zero-order chi connectivity index (χ0) is 26.5. The van der Waals surface area contributed by atoms with Crippen LogP contribution in [0.15, 0.2) is 91.3 Å². The number of aromatic nitrogens is 3. The van der Waals surface area contributed by atoms with Gasteiger partial charge in [0.15, 0.2) is 5.82 Å². The quantitative estimate of drug-likeness (QED) is 0.334. The fraction of sp³-hybridized carbons (Fsp3) is 0.241. The molecule has 0 aliphatic carbocycles. The molecule has 2 amide bonds. The van der Waals surface area contributed by atoms with Crippen LogP contribution < -0.4 is 5.32 Å². The van der Waals surface area contributed by atoms with Crippen molar-refractivity contribution in [3.63, 3.8) is 0 Å². The Morgan fingerprint density at radius 3 is 2.24 bits per heavy atom. The summed E-state index contributed by atoms with van der Waals surface area (Å²) in [7, 11) is 0. The molecule has 1 N–H and O–H groups in total. The average Bonchev–Trinajstić information content (AvgIpc) is 3.56. The lowest BCUT2D eigenvalue weighted by molar-refractivity contribution is -0.145. The van der Waals surface area contributed by atoms with E-state index in [1.807, 2.05) is 89.5 Å². The number of rotatable bonds is 7. The lowest BCUT2D eigenvalue weighted by atomic mass is 9.99. The van der Waals surface area contributed by atoms with Crippen molar-refractivity contribution >= 4 is 23.6 Å². The summed E-state index contributed by atoms with van der Waals surface area (Å²) in [5.41, 5.74) is 2.95. The summed E-state index contributed by atoms with van der Waals surface area (Å²) in [6.45, 7) is 2.14. The summed E-state index contributed by atoms with van der Waals surface area (Å²) >= 11 is 6.05. The van der Waals surface area contributed by atoms with Gasteiger partial charge in [0.2, 0.25) is 0 Å². The number of ether oxygens (including phenoxy) is 1. The van der Waals surface area contributed by atoms with Gasteiger partial charge in [-0.3, -0.25) is 4.79 Å². The Bertz CT molecular complexity index is 1340. The highest BCUT2D eigenvalue weighted by Gasteiger charge is 2.41. The zero-order valence-electron chi connectivity index (χ0n) is 20.9. The highest BCUT2D eigenvalue weighted by atomic mass is 35.5. The molecule has 0 bridgehead atoms. The lowest BCUT2D eigenvalue weighted by Gasteiger charge is -2.28. The minimum absolute atomic E-state index is 0.250. The number of benzene rings is 3. The molecule has 8 nitrogen and oxygen atoms in total. The number of nitrogens with one attached hydrogen (secondary N) is 1. The third kappa shape index (κ3) is 5.86. The van der Waals surface area contributed by atoms with E-state index in [2.05, 4.69) is 15.5 Å². The van der Waals surface area contributed by atoms with Crippen LogP contribution in [0.25, 0.3) is 0 Å². The summed E-state index contributed by atoms with van der Waals surface area (Å²) in [5.74, 6) is 0.241. The molecular formula is C29H28ClN5O3. The number of carbonyl (C=O) groups excluding carboxylic acids is 2. The number of carbonyl (C=O) groups is 2. The lowest BCUT2D eigenvalue weighted by Crippen LogP contribution is -2.43. The van der Waals surface area contributed by atoms with E-state index in [4.69, 9.17) is 16.3 Å². The van der Waals surface area contributed by atoms with Gasteiger partial charge in [0.05, 0.1) is 25.2 Å². The smallest absolute Gasteiger partial charge is 0.318 e. The maximum Gasteiger partial charge on any atom is 0.318 e. The van der Waals surface area contributed by atoms with Crippen LogP contribution in [-0.4, -0.2) is 44.3 Å². The van der Waals surface area contributed by atoms with Crippen molar-refractivity contribution < 1.29 is 14.3 Å². The predicted octanol–water partition coefficient (Wildman–Crippen LogP) is 5.16. The normalized spacial score (nSPS) is 17.0. The monoisotopic (exact) mass is 529 g/mol. The van der Waals surface area contributed by atoms with Crippen molar-refractivity contribution in [1.29, 1.82) is 0 Å². The minimum atomic E-state index is -0.448. The molecular weight excluding hydrogens is 502 g/mol. The predicted molar refractivity (Wildman–Crippen MR) is 143 cm³/mol. The van der Waals surface area contributed by atoms with Crippen molar-refractivity contribution in [2.24, 2.45) is 0 Å². The summed E-state index contributed by atoms with van der Waals surface area (Å²) < 4.78 is 7.45. The van der Waals surface area contributed by atoms with Crippen LogP contribution >= 0.6 is 11.6 Å². The first kappa shape index (κ1) is 25.5. The molecule has 1 aliphatic heterocycles. The molecule has 0 spiro atoms. The molecule has 38 heavy (non-hydrogen) atoms. The van der Waals surface area contributed by atoms with E-state index < -0.39 is 12.1 Å². The summed E-state index contributed by atoms with van der Waals surface area (Å²) in [4.78, 5) is 27.3. The van der Waals surface area contributed by atoms with Gasteiger partial charge < -0.3 is 19.5 Å². The van der Waals surface area contributed by atoms with Crippen molar-refractivity contribution in [1.82, 2.24) is 25.0 Å². The van der Waals surface area contributed by atoms with Crippen LogP contribution in [0.1, 0.15) is 47.9 Å². The molecule has 1 aliphatic rings. The first-order chi connectivity index (χ1) is 18.5. The van der Waals surface area contributed by atoms with E-state index in [9.17, 15) is 9.59 Å². The fourth-order valence-electron chi connectivity index (χ4n) is 4.87. The van der Waals surface area contributed by atoms with Crippen molar-refractivity contribution in [3.05, 3.63) is 119 Å².